The Bertz CT molecular complexity index is 468. The lowest BCUT2D eigenvalue weighted by molar-refractivity contribution is 0.171. The van der Waals surface area contributed by atoms with Crippen molar-refractivity contribution < 1.29 is 9.47 Å². The van der Waals surface area contributed by atoms with E-state index in [9.17, 15) is 0 Å². The first-order valence-corrected chi connectivity index (χ1v) is 7.53. The van der Waals surface area contributed by atoms with Crippen LogP contribution in [0.15, 0.2) is 12.1 Å². The molecule has 1 aromatic rings. The first kappa shape index (κ1) is 12.3. The molecule has 0 aromatic heterocycles. The highest BCUT2D eigenvalue weighted by molar-refractivity contribution is 9.09. The van der Waals surface area contributed by atoms with E-state index in [2.05, 4.69) is 41.9 Å². The van der Waals surface area contributed by atoms with Crippen LogP contribution in [0.3, 0.4) is 0 Å². The molecule has 18 heavy (non-hydrogen) atoms. The second-order valence-corrected chi connectivity index (χ2v) is 7.14. The quantitative estimate of drug-likeness (QED) is 0.526. The lowest BCUT2D eigenvalue weighted by atomic mass is 9.84. The van der Waals surface area contributed by atoms with Crippen LogP contribution in [0, 0.1) is 5.41 Å². The van der Waals surface area contributed by atoms with Crippen molar-refractivity contribution in [3.63, 3.8) is 0 Å². The summed E-state index contributed by atoms with van der Waals surface area (Å²) in [5, 5.41) is 0. The molecule has 0 N–H and O–H groups in total. The first-order chi connectivity index (χ1) is 8.55. The standard InChI is InChI=1S/C15H19BrO2/c1-15(2)4-3-10-7-13-14(18-6-5-17-13)8-11(10)12(16)9-15/h7-8,12H,3-6,9H2,1-2H3. The van der Waals surface area contributed by atoms with Crippen molar-refractivity contribution >= 4 is 15.9 Å². The molecule has 98 valence electrons. The van der Waals surface area contributed by atoms with E-state index < -0.39 is 0 Å². The molecule has 2 aliphatic rings. The minimum Gasteiger partial charge on any atom is -0.486 e. The van der Waals surface area contributed by atoms with Crippen molar-refractivity contribution in [2.45, 2.75) is 37.9 Å². The summed E-state index contributed by atoms with van der Waals surface area (Å²) in [6.07, 6.45) is 3.52. The summed E-state index contributed by atoms with van der Waals surface area (Å²) in [5.74, 6) is 1.82. The third-order valence-corrected chi connectivity index (χ3v) is 4.76. The largest absolute Gasteiger partial charge is 0.486 e. The molecule has 0 saturated heterocycles. The number of halogens is 1. The summed E-state index contributed by atoms with van der Waals surface area (Å²) >= 11 is 3.84. The maximum atomic E-state index is 5.68. The molecule has 0 bridgehead atoms. The Kier molecular flexibility index (Phi) is 3.05. The van der Waals surface area contributed by atoms with E-state index in [4.69, 9.17) is 9.47 Å². The number of benzene rings is 1. The highest BCUT2D eigenvalue weighted by Gasteiger charge is 2.29. The first-order valence-electron chi connectivity index (χ1n) is 6.62. The van der Waals surface area contributed by atoms with Crippen LogP contribution >= 0.6 is 15.9 Å². The maximum Gasteiger partial charge on any atom is 0.161 e. The molecule has 0 fully saturated rings. The predicted molar refractivity (Wildman–Crippen MR) is 75.8 cm³/mol. The van der Waals surface area contributed by atoms with Gasteiger partial charge in [0.25, 0.3) is 0 Å². The Labute approximate surface area is 117 Å². The average Bonchev–Trinajstić information content (AvgIpc) is 2.44. The van der Waals surface area contributed by atoms with Crippen LogP contribution in [0.5, 0.6) is 11.5 Å². The van der Waals surface area contributed by atoms with E-state index >= 15 is 0 Å². The summed E-state index contributed by atoms with van der Waals surface area (Å²) in [5.41, 5.74) is 3.17. The Hall–Kier alpha value is -0.700. The van der Waals surface area contributed by atoms with Gasteiger partial charge in [0, 0.05) is 4.83 Å². The lowest BCUT2D eigenvalue weighted by Gasteiger charge is -2.24. The van der Waals surface area contributed by atoms with Gasteiger partial charge in [-0.3, -0.25) is 0 Å². The van der Waals surface area contributed by atoms with Gasteiger partial charge in [-0.25, -0.2) is 0 Å². The smallest absolute Gasteiger partial charge is 0.161 e. The molecule has 1 aliphatic heterocycles. The van der Waals surface area contributed by atoms with Gasteiger partial charge in [-0.05, 0) is 47.9 Å². The highest BCUT2D eigenvalue weighted by Crippen LogP contribution is 2.46. The van der Waals surface area contributed by atoms with Crippen LogP contribution in [-0.2, 0) is 6.42 Å². The van der Waals surface area contributed by atoms with Gasteiger partial charge in [0.2, 0.25) is 0 Å². The van der Waals surface area contributed by atoms with Crippen molar-refractivity contribution in [3.8, 4) is 11.5 Å². The topological polar surface area (TPSA) is 18.5 Å². The molecule has 0 amide bonds. The van der Waals surface area contributed by atoms with E-state index in [0.29, 0.717) is 23.5 Å². The van der Waals surface area contributed by atoms with Crippen LogP contribution in [0.4, 0.5) is 0 Å². The third-order valence-electron chi connectivity index (χ3n) is 3.94. The lowest BCUT2D eigenvalue weighted by Crippen LogP contribution is -2.16. The molecule has 3 rings (SSSR count). The molecule has 0 saturated carbocycles. The molecule has 1 unspecified atom stereocenters. The van der Waals surface area contributed by atoms with Gasteiger partial charge in [0.1, 0.15) is 13.2 Å². The van der Waals surface area contributed by atoms with Gasteiger partial charge in [-0.2, -0.15) is 0 Å². The number of hydrogen-bond donors (Lipinski definition) is 0. The normalized spacial score (nSPS) is 25.2. The summed E-state index contributed by atoms with van der Waals surface area (Å²) in [6.45, 7) is 6.01. The molecule has 0 spiro atoms. The monoisotopic (exact) mass is 310 g/mol. The Morgan fingerprint density at radius 1 is 1.17 bits per heavy atom. The van der Waals surface area contributed by atoms with Crippen molar-refractivity contribution in [1.29, 1.82) is 0 Å². The average molecular weight is 311 g/mol. The van der Waals surface area contributed by atoms with Gasteiger partial charge in [-0.15, -0.1) is 0 Å². The van der Waals surface area contributed by atoms with Gasteiger partial charge in [-0.1, -0.05) is 29.8 Å². The number of hydrogen-bond acceptors (Lipinski definition) is 2. The number of fused-ring (bicyclic) bond motifs is 2. The summed E-state index contributed by atoms with van der Waals surface area (Å²) in [6, 6.07) is 4.35. The minimum atomic E-state index is 0.384. The van der Waals surface area contributed by atoms with E-state index in [1.54, 1.807) is 0 Å². The predicted octanol–water partition coefficient (Wildman–Crippen LogP) is 4.26. The van der Waals surface area contributed by atoms with Crippen LogP contribution in [0.2, 0.25) is 0 Å². The molecule has 2 nitrogen and oxygen atoms in total. The zero-order valence-corrected chi connectivity index (χ0v) is 12.5. The minimum absolute atomic E-state index is 0.384. The maximum absolute atomic E-state index is 5.68. The summed E-state index contributed by atoms with van der Waals surface area (Å²) in [4.78, 5) is 0.417. The van der Waals surface area contributed by atoms with Crippen LogP contribution in [0.1, 0.15) is 42.6 Å². The fraction of sp³-hybridized carbons (Fsp3) is 0.600. The molecule has 1 aliphatic carbocycles. The zero-order chi connectivity index (χ0) is 12.8. The summed E-state index contributed by atoms with van der Waals surface area (Å²) in [7, 11) is 0. The van der Waals surface area contributed by atoms with Crippen molar-refractivity contribution in [2.24, 2.45) is 5.41 Å². The van der Waals surface area contributed by atoms with Gasteiger partial charge in [0.05, 0.1) is 0 Å². The van der Waals surface area contributed by atoms with Crippen LogP contribution < -0.4 is 9.47 Å². The number of rotatable bonds is 0. The van der Waals surface area contributed by atoms with E-state index in [0.717, 1.165) is 17.9 Å². The van der Waals surface area contributed by atoms with Crippen molar-refractivity contribution in [2.75, 3.05) is 13.2 Å². The molecule has 0 radical (unpaired) electrons. The van der Waals surface area contributed by atoms with Gasteiger partial charge >= 0.3 is 0 Å². The Morgan fingerprint density at radius 2 is 1.83 bits per heavy atom. The number of alkyl halides is 1. The molecule has 1 aromatic carbocycles. The second kappa shape index (κ2) is 4.44. The van der Waals surface area contributed by atoms with Crippen molar-refractivity contribution in [3.05, 3.63) is 23.3 Å². The van der Waals surface area contributed by atoms with Crippen molar-refractivity contribution in [1.82, 2.24) is 0 Å². The fourth-order valence-corrected chi connectivity index (χ4v) is 4.13. The summed E-state index contributed by atoms with van der Waals surface area (Å²) < 4.78 is 11.4. The van der Waals surface area contributed by atoms with E-state index in [-0.39, 0.29) is 0 Å². The van der Waals surface area contributed by atoms with E-state index in [1.807, 2.05) is 0 Å². The van der Waals surface area contributed by atoms with Crippen LogP contribution in [-0.4, -0.2) is 13.2 Å². The van der Waals surface area contributed by atoms with Gasteiger partial charge < -0.3 is 9.47 Å². The number of ether oxygens (including phenoxy) is 2. The molecular weight excluding hydrogens is 292 g/mol. The highest BCUT2D eigenvalue weighted by atomic mass is 79.9. The van der Waals surface area contributed by atoms with Gasteiger partial charge in [0.15, 0.2) is 11.5 Å². The Balaban J connectivity index is 2.02. The molecular formula is C15H19BrO2. The number of aryl methyl sites for hydroxylation is 1. The second-order valence-electron chi connectivity index (χ2n) is 6.03. The third kappa shape index (κ3) is 2.25. The Morgan fingerprint density at radius 3 is 2.56 bits per heavy atom. The van der Waals surface area contributed by atoms with E-state index in [1.165, 1.54) is 24.0 Å². The molecule has 1 heterocycles. The zero-order valence-electron chi connectivity index (χ0n) is 11.0. The van der Waals surface area contributed by atoms with Crippen LogP contribution in [0.25, 0.3) is 0 Å². The molecule has 3 heteroatoms. The SMILES string of the molecule is CC1(C)CCc2cc3c(cc2C(Br)C1)OCCO3. The molecule has 1 atom stereocenters. The fourth-order valence-electron chi connectivity index (χ4n) is 2.82.